The van der Waals surface area contributed by atoms with Crippen molar-refractivity contribution >= 4 is 12.1 Å². The Labute approximate surface area is 149 Å². The van der Waals surface area contributed by atoms with Gasteiger partial charge in [0.1, 0.15) is 5.60 Å². The van der Waals surface area contributed by atoms with Gasteiger partial charge < -0.3 is 20.1 Å². The molecule has 0 bridgehead atoms. The minimum atomic E-state index is -0.894. The van der Waals surface area contributed by atoms with E-state index in [2.05, 4.69) is 17.6 Å². The van der Waals surface area contributed by atoms with Crippen LogP contribution in [0, 0.1) is 5.41 Å². The maximum atomic E-state index is 12.6. The van der Waals surface area contributed by atoms with Gasteiger partial charge in [-0.2, -0.15) is 0 Å². The van der Waals surface area contributed by atoms with Crippen LogP contribution in [0.1, 0.15) is 45.7 Å². The highest BCUT2D eigenvalue weighted by Crippen LogP contribution is 2.26. The zero-order valence-electron chi connectivity index (χ0n) is 15.4. The molecule has 138 valence electrons. The van der Waals surface area contributed by atoms with E-state index in [0.717, 1.165) is 19.5 Å². The van der Waals surface area contributed by atoms with E-state index in [1.54, 1.807) is 32.9 Å². The number of amides is 1. The Morgan fingerprint density at radius 3 is 2.52 bits per heavy atom. The number of benzene rings is 1. The Bertz CT molecular complexity index is 589. The Hall–Kier alpha value is -2.08. The van der Waals surface area contributed by atoms with Gasteiger partial charge in [0.05, 0.1) is 6.61 Å². The Balaban J connectivity index is 2.06. The lowest BCUT2D eigenvalue weighted by Crippen LogP contribution is -2.39. The molecule has 0 aliphatic carbocycles. The molecule has 0 saturated carbocycles. The van der Waals surface area contributed by atoms with Crippen molar-refractivity contribution in [3.8, 4) is 0 Å². The van der Waals surface area contributed by atoms with Crippen LogP contribution < -0.4 is 10.6 Å². The van der Waals surface area contributed by atoms with Gasteiger partial charge in [-0.1, -0.05) is 37.3 Å². The summed E-state index contributed by atoms with van der Waals surface area (Å²) in [6.45, 7) is 9.46. The van der Waals surface area contributed by atoms with E-state index < -0.39 is 23.7 Å². The molecule has 25 heavy (non-hydrogen) atoms. The highest BCUT2D eigenvalue weighted by Gasteiger charge is 2.33. The lowest BCUT2D eigenvalue weighted by atomic mass is 9.91. The first-order chi connectivity index (χ1) is 11.7. The average Bonchev–Trinajstić information content (AvgIpc) is 2.97. The molecule has 2 atom stereocenters. The summed E-state index contributed by atoms with van der Waals surface area (Å²) >= 11 is 0. The summed E-state index contributed by atoms with van der Waals surface area (Å²) in [5.41, 5.74) is -0.0471. The molecule has 1 aromatic rings. The zero-order valence-corrected chi connectivity index (χ0v) is 15.4. The third-order valence-corrected chi connectivity index (χ3v) is 4.05. The van der Waals surface area contributed by atoms with Gasteiger partial charge in [-0.05, 0) is 39.3 Å². The van der Waals surface area contributed by atoms with Crippen LogP contribution in [0.25, 0.3) is 0 Å². The van der Waals surface area contributed by atoms with E-state index in [9.17, 15) is 9.59 Å². The maximum absolute atomic E-state index is 12.6. The summed E-state index contributed by atoms with van der Waals surface area (Å²) in [6.07, 6.45) is 0.308. The number of ether oxygens (including phenoxy) is 2. The first kappa shape index (κ1) is 19.2. The Morgan fingerprint density at radius 1 is 1.28 bits per heavy atom. The Morgan fingerprint density at radius 2 is 1.96 bits per heavy atom. The number of alkyl carbamates (subject to hydrolysis) is 1. The van der Waals surface area contributed by atoms with Crippen molar-refractivity contribution in [2.24, 2.45) is 5.41 Å². The lowest BCUT2D eigenvalue weighted by Gasteiger charge is -2.26. The molecule has 1 aliphatic heterocycles. The fraction of sp³-hybridized carbons (Fsp3) is 0.579. The van der Waals surface area contributed by atoms with Gasteiger partial charge in [-0.25, -0.2) is 9.59 Å². The predicted octanol–water partition coefficient (Wildman–Crippen LogP) is 2.80. The fourth-order valence-electron chi connectivity index (χ4n) is 2.67. The van der Waals surface area contributed by atoms with Crippen LogP contribution in [0.5, 0.6) is 0 Å². The summed E-state index contributed by atoms with van der Waals surface area (Å²) in [7, 11) is 0. The van der Waals surface area contributed by atoms with Gasteiger partial charge in [0.25, 0.3) is 0 Å². The number of carbonyl (C=O) groups is 2. The lowest BCUT2D eigenvalue weighted by molar-refractivity contribution is -0.149. The van der Waals surface area contributed by atoms with Crippen molar-refractivity contribution in [3.05, 3.63) is 35.9 Å². The SMILES string of the molecule is CC(C)(C)OC(=O)NC(C(=O)OC[C@@]1(C)CCNC1)c1ccccc1. The van der Waals surface area contributed by atoms with Gasteiger partial charge in [0.2, 0.25) is 0 Å². The van der Waals surface area contributed by atoms with Gasteiger partial charge in [0.15, 0.2) is 6.04 Å². The zero-order chi connectivity index (χ0) is 18.5. The van der Waals surface area contributed by atoms with Crippen molar-refractivity contribution in [2.75, 3.05) is 19.7 Å². The first-order valence-electron chi connectivity index (χ1n) is 8.60. The van der Waals surface area contributed by atoms with E-state index in [1.165, 1.54) is 0 Å². The summed E-state index contributed by atoms with van der Waals surface area (Å²) in [4.78, 5) is 24.8. The van der Waals surface area contributed by atoms with Crippen molar-refractivity contribution in [1.29, 1.82) is 0 Å². The number of nitrogens with one attached hydrogen (secondary N) is 2. The van der Waals surface area contributed by atoms with Crippen molar-refractivity contribution < 1.29 is 19.1 Å². The summed E-state index contributed by atoms with van der Waals surface area (Å²) in [5, 5.41) is 5.90. The maximum Gasteiger partial charge on any atom is 0.408 e. The molecule has 1 heterocycles. The monoisotopic (exact) mass is 348 g/mol. The standard InChI is InChI=1S/C19H28N2O4/c1-18(2,3)25-17(23)21-15(14-8-6-5-7-9-14)16(22)24-13-19(4)10-11-20-12-19/h5-9,15,20H,10-13H2,1-4H3,(H,21,23)/t15?,19-/m0/s1. The first-order valence-corrected chi connectivity index (χ1v) is 8.60. The second kappa shape index (κ2) is 7.87. The molecule has 6 heteroatoms. The molecule has 6 nitrogen and oxygen atoms in total. The molecule has 1 aromatic carbocycles. The normalized spacial score (nSPS) is 21.4. The second-order valence-corrected chi connectivity index (χ2v) is 7.84. The fourth-order valence-corrected chi connectivity index (χ4v) is 2.67. The number of hydrogen-bond donors (Lipinski definition) is 2. The van der Waals surface area contributed by atoms with Crippen LogP contribution in [-0.2, 0) is 14.3 Å². The van der Waals surface area contributed by atoms with Crippen LogP contribution in [0.3, 0.4) is 0 Å². The van der Waals surface area contributed by atoms with Gasteiger partial charge in [-0.3, -0.25) is 0 Å². The number of hydrogen-bond acceptors (Lipinski definition) is 5. The molecule has 1 saturated heterocycles. The minimum Gasteiger partial charge on any atom is -0.463 e. The highest BCUT2D eigenvalue weighted by molar-refractivity contribution is 5.82. The predicted molar refractivity (Wildman–Crippen MR) is 95.1 cm³/mol. The van der Waals surface area contributed by atoms with Crippen molar-refractivity contribution in [3.63, 3.8) is 0 Å². The smallest absolute Gasteiger partial charge is 0.408 e. The molecule has 0 radical (unpaired) electrons. The molecule has 1 unspecified atom stereocenters. The molecule has 2 rings (SSSR count). The highest BCUT2D eigenvalue weighted by atomic mass is 16.6. The van der Waals surface area contributed by atoms with E-state index in [0.29, 0.717) is 12.2 Å². The average molecular weight is 348 g/mol. The van der Waals surface area contributed by atoms with Gasteiger partial charge in [-0.15, -0.1) is 0 Å². The van der Waals surface area contributed by atoms with Crippen LogP contribution >= 0.6 is 0 Å². The van der Waals surface area contributed by atoms with Crippen LogP contribution in [-0.4, -0.2) is 37.4 Å². The molecule has 1 fully saturated rings. The number of esters is 1. The molecule has 2 N–H and O–H groups in total. The van der Waals surface area contributed by atoms with E-state index >= 15 is 0 Å². The molecule has 1 aliphatic rings. The van der Waals surface area contributed by atoms with Crippen LogP contribution in [0.4, 0.5) is 4.79 Å². The molecular formula is C19H28N2O4. The summed E-state index contributed by atoms with van der Waals surface area (Å²) in [6, 6.07) is 8.15. The van der Waals surface area contributed by atoms with Crippen molar-refractivity contribution in [1.82, 2.24) is 10.6 Å². The third kappa shape index (κ3) is 6.05. The second-order valence-electron chi connectivity index (χ2n) is 7.84. The Kier molecular flexibility index (Phi) is 6.06. The molecular weight excluding hydrogens is 320 g/mol. The third-order valence-electron chi connectivity index (χ3n) is 4.05. The van der Waals surface area contributed by atoms with Crippen molar-refractivity contribution in [2.45, 2.75) is 45.8 Å². The molecule has 0 spiro atoms. The molecule has 1 amide bonds. The van der Waals surface area contributed by atoms with E-state index in [-0.39, 0.29) is 5.41 Å². The topological polar surface area (TPSA) is 76.7 Å². The number of rotatable bonds is 5. The summed E-state index contributed by atoms with van der Waals surface area (Å²) in [5.74, 6) is -0.481. The van der Waals surface area contributed by atoms with Crippen LogP contribution in [0.2, 0.25) is 0 Å². The van der Waals surface area contributed by atoms with Gasteiger partial charge >= 0.3 is 12.1 Å². The van der Waals surface area contributed by atoms with E-state index in [4.69, 9.17) is 9.47 Å². The number of carbonyl (C=O) groups excluding carboxylic acids is 2. The van der Waals surface area contributed by atoms with Crippen LogP contribution in [0.15, 0.2) is 30.3 Å². The minimum absolute atomic E-state index is 0.0667. The van der Waals surface area contributed by atoms with Gasteiger partial charge in [0, 0.05) is 12.0 Å². The quantitative estimate of drug-likeness (QED) is 0.800. The largest absolute Gasteiger partial charge is 0.463 e. The molecule has 0 aromatic heterocycles. The van der Waals surface area contributed by atoms with E-state index in [1.807, 2.05) is 18.2 Å². The summed E-state index contributed by atoms with van der Waals surface area (Å²) < 4.78 is 10.8.